The van der Waals surface area contributed by atoms with E-state index < -0.39 is 0 Å². The lowest BCUT2D eigenvalue weighted by Gasteiger charge is -2.38. The molecule has 2 heterocycles. The number of aliphatic imine (C=N–C) groups is 1. The molecule has 2 saturated heterocycles. The van der Waals surface area contributed by atoms with Gasteiger partial charge in [-0.3, -0.25) is 4.99 Å². The Morgan fingerprint density at radius 1 is 1.12 bits per heavy atom. The van der Waals surface area contributed by atoms with E-state index in [1.165, 1.54) is 38.2 Å². The van der Waals surface area contributed by atoms with Crippen LogP contribution < -0.4 is 10.2 Å². The van der Waals surface area contributed by atoms with Crippen molar-refractivity contribution in [2.75, 3.05) is 64.3 Å². The molecule has 0 amide bonds. The van der Waals surface area contributed by atoms with Gasteiger partial charge in [-0.05, 0) is 44.0 Å². The van der Waals surface area contributed by atoms with Gasteiger partial charge in [-0.15, -0.1) is 0 Å². The third kappa shape index (κ3) is 4.88. The minimum absolute atomic E-state index is 0.758. The number of guanidine groups is 1. The van der Waals surface area contributed by atoms with Crippen LogP contribution in [0.25, 0.3) is 0 Å². The van der Waals surface area contributed by atoms with Crippen LogP contribution in [0.2, 0.25) is 0 Å². The maximum atomic E-state index is 4.53. The number of hydrogen-bond donors (Lipinski definition) is 1. The molecule has 0 radical (unpaired) electrons. The van der Waals surface area contributed by atoms with Crippen molar-refractivity contribution in [3.05, 3.63) is 30.3 Å². The second-order valence-corrected chi connectivity index (χ2v) is 7.19. The topological polar surface area (TPSA) is 34.1 Å². The summed E-state index contributed by atoms with van der Waals surface area (Å²) in [5.74, 6) is 1.83. The highest BCUT2D eigenvalue weighted by molar-refractivity contribution is 5.80. The van der Waals surface area contributed by atoms with E-state index in [-0.39, 0.29) is 0 Å². The minimum atomic E-state index is 0.758. The number of hydrogen-bond acceptors (Lipinski definition) is 3. The van der Waals surface area contributed by atoms with Crippen molar-refractivity contribution >= 4 is 11.6 Å². The van der Waals surface area contributed by atoms with E-state index in [0.29, 0.717) is 0 Å². The second kappa shape index (κ2) is 9.09. The van der Waals surface area contributed by atoms with Crippen molar-refractivity contribution in [1.82, 2.24) is 15.1 Å². The summed E-state index contributed by atoms with van der Waals surface area (Å²) in [6.45, 7) is 11.2. The van der Waals surface area contributed by atoms with Gasteiger partial charge in [0.1, 0.15) is 0 Å². The first-order chi connectivity index (χ1) is 12.3. The van der Waals surface area contributed by atoms with Gasteiger partial charge in [-0.25, -0.2) is 0 Å². The Morgan fingerprint density at radius 2 is 1.88 bits per heavy atom. The number of anilines is 1. The summed E-state index contributed by atoms with van der Waals surface area (Å²) in [5.41, 5.74) is 1.33. The molecule has 5 nitrogen and oxygen atoms in total. The Morgan fingerprint density at radius 3 is 2.56 bits per heavy atom. The molecule has 0 aromatic heterocycles. The quantitative estimate of drug-likeness (QED) is 0.656. The van der Waals surface area contributed by atoms with E-state index in [1.54, 1.807) is 0 Å². The monoisotopic (exact) mass is 343 g/mol. The predicted octanol–water partition coefficient (Wildman–Crippen LogP) is 2.12. The second-order valence-electron chi connectivity index (χ2n) is 7.19. The summed E-state index contributed by atoms with van der Waals surface area (Å²) in [5, 5.41) is 3.63. The van der Waals surface area contributed by atoms with Crippen LogP contribution in [0.1, 0.15) is 19.8 Å². The molecule has 138 valence electrons. The molecule has 2 fully saturated rings. The summed E-state index contributed by atoms with van der Waals surface area (Å²) >= 11 is 0. The van der Waals surface area contributed by atoms with Crippen molar-refractivity contribution in [2.45, 2.75) is 19.8 Å². The van der Waals surface area contributed by atoms with Crippen LogP contribution in [-0.4, -0.2) is 75.2 Å². The molecule has 0 bridgehead atoms. The van der Waals surface area contributed by atoms with Gasteiger partial charge in [0.2, 0.25) is 0 Å². The van der Waals surface area contributed by atoms with Crippen molar-refractivity contribution in [1.29, 1.82) is 0 Å². The summed E-state index contributed by atoms with van der Waals surface area (Å²) in [6, 6.07) is 10.7. The Balaban J connectivity index is 1.44. The molecule has 1 atom stereocenters. The predicted molar refractivity (Wildman–Crippen MR) is 106 cm³/mol. The molecule has 2 aliphatic rings. The Kier molecular flexibility index (Phi) is 6.56. The Bertz CT molecular complexity index is 536. The average molecular weight is 344 g/mol. The van der Waals surface area contributed by atoms with Crippen molar-refractivity contribution in [2.24, 2.45) is 10.9 Å². The van der Waals surface area contributed by atoms with Gasteiger partial charge < -0.3 is 20.0 Å². The van der Waals surface area contributed by atoms with E-state index in [2.05, 4.69) is 62.3 Å². The number of rotatable bonds is 5. The van der Waals surface area contributed by atoms with Gasteiger partial charge in [-0.1, -0.05) is 25.1 Å². The van der Waals surface area contributed by atoms with Gasteiger partial charge in [0, 0.05) is 52.0 Å². The first-order valence-electron chi connectivity index (χ1n) is 9.78. The van der Waals surface area contributed by atoms with Crippen molar-refractivity contribution < 1.29 is 0 Å². The van der Waals surface area contributed by atoms with Gasteiger partial charge in [-0.2, -0.15) is 0 Å². The van der Waals surface area contributed by atoms with Gasteiger partial charge in [0.15, 0.2) is 5.96 Å². The maximum absolute atomic E-state index is 4.53. The van der Waals surface area contributed by atoms with Crippen LogP contribution in [0.4, 0.5) is 5.69 Å². The summed E-state index contributed by atoms with van der Waals surface area (Å²) in [4.78, 5) is 12.0. The highest BCUT2D eigenvalue weighted by Gasteiger charge is 2.24. The van der Waals surface area contributed by atoms with Crippen LogP contribution in [-0.2, 0) is 0 Å². The van der Waals surface area contributed by atoms with Crippen LogP contribution in [0.5, 0.6) is 0 Å². The molecular formula is C20H33N5. The number of nitrogens with zero attached hydrogens (tertiary/aromatic N) is 4. The third-order valence-corrected chi connectivity index (χ3v) is 5.37. The lowest BCUT2D eigenvalue weighted by Crippen LogP contribution is -2.53. The molecule has 0 spiro atoms. The Hall–Kier alpha value is -1.75. The van der Waals surface area contributed by atoms with E-state index in [9.17, 15) is 0 Å². The molecule has 1 unspecified atom stereocenters. The van der Waals surface area contributed by atoms with E-state index in [4.69, 9.17) is 0 Å². The summed E-state index contributed by atoms with van der Waals surface area (Å²) < 4.78 is 0. The lowest BCUT2D eigenvalue weighted by molar-refractivity contribution is 0.322. The zero-order valence-corrected chi connectivity index (χ0v) is 15.8. The number of benzene rings is 1. The Labute approximate surface area is 152 Å². The zero-order valence-electron chi connectivity index (χ0n) is 15.8. The molecule has 0 saturated carbocycles. The van der Waals surface area contributed by atoms with Crippen LogP contribution in [0.15, 0.2) is 35.3 Å². The van der Waals surface area contributed by atoms with E-state index in [0.717, 1.165) is 44.6 Å². The molecule has 1 N–H and O–H groups in total. The molecule has 1 aromatic rings. The smallest absolute Gasteiger partial charge is 0.193 e. The van der Waals surface area contributed by atoms with Crippen LogP contribution in [0.3, 0.4) is 0 Å². The molecule has 2 aliphatic heterocycles. The fourth-order valence-corrected chi connectivity index (χ4v) is 3.98. The van der Waals surface area contributed by atoms with E-state index in [1.807, 2.05) is 7.05 Å². The van der Waals surface area contributed by atoms with Crippen LogP contribution >= 0.6 is 0 Å². The van der Waals surface area contributed by atoms with E-state index >= 15 is 0 Å². The molecule has 3 rings (SSSR count). The molecule has 1 aromatic carbocycles. The van der Waals surface area contributed by atoms with Crippen molar-refractivity contribution in [3.8, 4) is 0 Å². The highest BCUT2D eigenvalue weighted by atomic mass is 15.3. The fraction of sp³-hybridized carbons (Fsp3) is 0.650. The van der Waals surface area contributed by atoms with Crippen molar-refractivity contribution in [3.63, 3.8) is 0 Å². The fourth-order valence-electron chi connectivity index (χ4n) is 3.98. The standard InChI is InChI=1S/C20H33N5/c1-3-10-23-11-9-18(17-23)16-22-20(21-2)25-14-12-24(13-15-25)19-7-5-4-6-8-19/h4-8,18H,3,9-17H2,1-2H3,(H,21,22). The number of piperazine rings is 1. The minimum Gasteiger partial charge on any atom is -0.368 e. The van der Waals surface area contributed by atoms with Gasteiger partial charge in [0.05, 0.1) is 0 Å². The molecule has 5 heteroatoms. The number of para-hydroxylation sites is 1. The summed E-state index contributed by atoms with van der Waals surface area (Å²) in [7, 11) is 1.91. The maximum Gasteiger partial charge on any atom is 0.193 e. The first-order valence-corrected chi connectivity index (χ1v) is 9.78. The SMILES string of the molecule is CCCN1CCC(CNC(=NC)N2CCN(c3ccccc3)CC2)C1. The van der Waals surface area contributed by atoms with Gasteiger partial charge >= 0.3 is 0 Å². The number of nitrogens with one attached hydrogen (secondary N) is 1. The largest absolute Gasteiger partial charge is 0.368 e. The number of likely N-dealkylation sites (tertiary alicyclic amines) is 1. The summed E-state index contributed by atoms with van der Waals surface area (Å²) in [6.07, 6.45) is 2.57. The normalized spacial score (nSPS) is 22.5. The van der Waals surface area contributed by atoms with Crippen LogP contribution in [0, 0.1) is 5.92 Å². The lowest BCUT2D eigenvalue weighted by atomic mass is 10.1. The molecular weight excluding hydrogens is 310 g/mol. The van der Waals surface area contributed by atoms with Gasteiger partial charge in [0.25, 0.3) is 0 Å². The first kappa shape index (κ1) is 18.1. The molecule has 25 heavy (non-hydrogen) atoms. The highest BCUT2D eigenvalue weighted by Crippen LogP contribution is 2.17. The zero-order chi connectivity index (χ0) is 17.5. The molecule has 0 aliphatic carbocycles. The average Bonchev–Trinajstić information content (AvgIpc) is 3.11. The third-order valence-electron chi connectivity index (χ3n) is 5.37.